The molecule has 23 heavy (non-hydrogen) atoms. The Balaban J connectivity index is 2.19. The molecule has 0 aromatic heterocycles. The zero-order valence-corrected chi connectivity index (χ0v) is 13.6. The van der Waals surface area contributed by atoms with Crippen LogP contribution in [0, 0.1) is 0 Å². The maximum atomic E-state index is 12.3. The Bertz CT molecular complexity index is 612. The highest BCUT2D eigenvalue weighted by Gasteiger charge is 2.32. The molecule has 0 unspecified atom stereocenters. The monoisotopic (exact) mass is 346 g/mol. The average molecular weight is 347 g/mol. The predicted molar refractivity (Wildman–Crippen MR) is 85.6 cm³/mol. The van der Waals surface area contributed by atoms with Crippen molar-refractivity contribution in [1.82, 2.24) is 5.32 Å². The van der Waals surface area contributed by atoms with Crippen LogP contribution in [0.3, 0.4) is 0 Å². The number of ether oxygens (including phenoxy) is 1. The number of dihydropyridines is 1. The van der Waals surface area contributed by atoms with E-state index in [0.29, 0.717) is 6.54 Å². The minimum absolute atomic E-state index is 0.0732. The lowest BCUT2D eigenvalue weighted by Crippen LogP contribution is -2.35. The highest BCUT2D eigenvalue weighted by Crippen LogP contribution is 2.34. The SMILES string of the molecule is CC(C)N(CC1=CCC=CN1)c1ccc(OC(F)(F)F)c(Cl)c1. The lowest BCUT2D eigenvalue weighted by Gasteiger charge is -2.31. The second kappa shape index (κ2) is 7.17. The Labute approximate surface area is 138 Å². The van der Waals surface area contributed by atoms with Crippen molar-refractivity contribution >= 4 is 17.3 Å². The van der Waals surface area contributed by atoms with Crippen molar-refractivity contribution in [3.05, 3.63) is 47.3 Å². The first-order valence-corrected chi connectivity index (χ1v) is 7.56. The van der Waals surface area contributed by atoms with Gasteiger partial charge in [0, 0.05) is 17.4 Å². The zero-order valence-electron chi connectivity index (χ0n) is 12.8. The first-order chi connectivity index (χ1) is 10.8. The summed E-state index contributed by atoms with van der Waals surface area (Å²) >= 11 is 5.93. The van der Waals surface area contributed by atoms with Crippen LogP contribution in [0.4, 0.5) is 18.9 Å². The molecule has 126 valence electrons. The van der Waals surface area contributed by atoms with Gasteiger partial charge in [-0.2, -0.15) is 0 Å². The molecule has 1 aromatic carbocycles. The highest BCUT2D eigenvalue weighted by molar-refractivity contribution is 6.32. The minimum Gasteiger partial charge on any atom is -0.404 e. The number of hydrogen-bond donors (Lipinski definition) is 1. The highest BCUT2D eigenvalue weighted by atomic mass is 35.5. The molecule has 3 nitrogen and oxygen atoms in total. The lowest BCUT2D eigenvalue weighted by atomic mass is 10.2. The second-order valence-corrected chi connectivity index (χ2v) is 5.80. The molecule has 0 bridgehead atoms. The van der Waals surface area contributed by atoms with Crippen LogP contribution in [-0.2, 0) is 0 Å². The Morgan fingerprint density at radius 3 is 2.61 bits per heavy atom. The number of benzene rings is 1. The first-order valence-electron chi connectivity index (χ1n) is 7.19. The van der Waals surface area contributed by atoms with Gasteiger partial charge in [-0.3, -0.25) is 0 Å². The van der Waals surface area contributed by atoms with E-state index < -0.39 is 12.1 Å². The summed E-state index contributed by atoms with van der Waals surface area (Å²) in [6.07, 6.45) is 2.04. The molecule has 0 aliphatic carbocycles. The molecule has 0 atom stereocenters. The van der Waals surface area contributed by atoms with E-state index in [1.807, 2.05) is 31.0 Å². The van der Waals surface area contributed by atoms with E-state index in [-0.39, 0.29) is 11.1 Å². The molecule has 0 radical (unpaired) electrons. The van der Waals surface area contributed by atoms with Gasteiger partial charge in [0.25, 0.3) is 0 Å². The molecule has 1 aromatic rings. The van der Waals surface area contributed by atoms with Crippen molar-refractivity contribution in [3.8, 4) is 5.75 Å². The molecule has 1 aliphatic heterocycles. The number of halogens is 4. The third-order valence-corrected chi connectivity index (χ3v) is 3.62. The maximum absolute atomic E-state index is 12.3. The summed E-state index contributed by atoms with van der Waals surface area (Å²) in [7, 11) is 0. The van der Waals surface area contributed by atoms with Crippen LogP contribution in [-0.4, -0.2) is 18.9 Å². The van der Waals surface area contributed by atoms with Gasteiger partial charge in [0.2, 0.25) is 0 Å². The summed E-state index contributed by atoms with van der Waals surface area (Å²) < 4.78 is 40.8. The smallest absolute Gasteiger partial charge is 0.404 e. The number of nitrogens with zero attached hydrogens (tertiary/aromatic N) is 1. The molecule has 1 aliphatic rings. The molecule has 0 saturated heterocycles. The molecule has 0 spiro atoms. The van der Waals surface area contributed by atoms with Gasteiger partial charge >= 0.3 is 6.36 Å². The third kappa shape index (κ3) is 5.10. The topological polar surface area (TPSA) is 24.5 Å². The van der Waals surface area contributed by atoms with E-state index in [1.165, 1.54) is 12.1 Å². The van der Waals surface area contributed by atoms with Crippen molar-refractivity contribution in [2.75, 3.05) is 11.4 Å². The number of rotatable bonds is 5. The summed E-state index contributed by atoms with van der Waals surface area (Å²) in [6, 6.07) is 4.45. The number of hydrogen-bond acceptors (Lipinski definition) is 3. The second-order valence-electron chi connectivity index (χ2n) is 5.40. The Hall–Kier alpha value is -1.82. The molecule has 0 saturated carbocycles. The van der Waals surface area contributed by atoms with E-state index in [9.17, 15) is 13.2 Å². The van der Waals surface area contributed by atoms with Gasteiger partial charge in [-0.05, 0) is 44.7 Å². The molecular weight excluding hydrogens is 329 g/mol. The van der Waals surface area contributed by atoms with E-state index >= 15 is 0 Å². The van der Waals surface area contributed by atoms with E-state index in [4.69, 9.17) is 11.6 Å². The number of alkyl halides is 3. The molecule has 7 heteroatoms. The van der Waals surface area contributed by atoms with E-state index in [1.54, 1.807) is 6.07 Å². The summed E-state index contributed by atoms with van der Waals surface area (Å²) in [5, 5.41) is 3.09. The number of nitrogens with one attached hydrogen (secondary N) is 1. The fourth-order valence-electron chi connectivity index (χ4n) is 2.24. The van der Waals surface area contributed by atoms with Crippen LogP contribution in [0.2, 0.25) is 5.02 Å². The van der Waals surface area contributed by atoms with Crippen molar-refractivity contribution in [2.45, 2.75) is 32.7 Å². The van der Waals surface area contributed by atoms with E-state index in [0.717, 1.165) is 17.8 Å². The molecular formula is C16H18ClF3N2O. The standard InChI is InChI=1S/C16H18ClF3N2O/c1-11(2)22(10-12-5-3-4-8-21-12)13-6-7-15(14(17)9-13)23-16(18,19)20/h4-9,11,21H,3,10H2,1-2H3. The quantitative estimate of drug-likeness (QED) is 0.825. The van der Waals surface area contributed by atoms with Crippen LogP contribution in [0.25, 0.3) is 0 Å². The van der Waals surface area contributed by atoms with Gasteiger partial charge in [-0.25, -0.2) is 0 Å². The summed E-state index contributed by atoms with van der Waals surface area (Å²) in [5.74, 6) is -0.399. The van der Waals surface area contributed by atoms with Crippen molar-refractivity contribution in [2.24, 2.45) is 0 Å². The lowest BCUT2D eigenvalue weighted by molar-refractivity contribution is -0.274. The zero-order chi connectivity index (χ0) is 17.0. The summed E-state index contributed by atoms with van der Waals surface area (Å²) in [5.41, 5.74) is 1.77. The Morgan fingerprint density at radius 2 is 2.09 bits per heavy atom. The van der Waals surface area contributed by atoms with Gasteiger partial charge in [0.15, 0.2) is 0 Å². The van der Waals surface area contributed by atoms with Gasteiger partial charge in [-0.15, -0.1) is 13.2 Å². The van der Waals surface area contributed by atoms with Gasteiger partial charge < -0.3 is 15.0 Å². The van der Waals surface area contributed by atoms with Crippen LogP contribution in [0.5, 0.6) is 5.75 Å². The van der Waals surface area contributed by atoms with Gasteiger partial charge in [-0.1, -0.05) is 23.8 Å². The van der Waals surface area contributed by atoms with Crippen LogP contribution < -0.4 is 15.0 Å². The average Bonchev–Trinajstić information content (AvgIpc) is 2.46. The Morgan fingerprint density at radius 1 is 1.35 bits per heavy atom. The number of allylic oxidation sites excluding steroid dienone is 2. The number of anilines is 1. The predicted octanol–water partition coefficient (Wildman–Crippen LogP) is 4.84. The first kappa shape index (κ1) is 17.5. The van der Waals surface area contributed by atoms with Crippen molar-refractivity contribution < 1.29 is 17.9 Å². The fourth-order valence-corrected chi connectivity index (χ4v) is 2.46. The summed E-state index contributed by atoms with van der Waals surface area (Å²) in [4.78, 5) is 2.04. The normalized spacial score (nSPS) is 14.5. The third-order valence-electron chi connectivity index (χ3n) is 3.32. The molecule has 0 fully saturated rings. The molecule has 0 amide bonds. The van der Waals surface area contributed by atoms with Crippen molar-refractivity contribution in [1.29, 1.82) is 0 Å². The molecule has 1 N–H and O–H groups in total. The van der Waals surface area contributed by atoms with Crippen LogP contribution >= 0.6 is 11.6 Å². The summed E-state index contributed by atoms with van der Waals surface area (Å²) in [6.45, 7) is 4.62. The minimum atomic E-state index is -4.76. The molecule has 2 rings (SSSR count). The van der Waals surface area contributed by atoms with Gasteiger partial charge in [0.05, 0.1) is 11.6 Å². The fraction of sp³-hybridized carbons (Fsp3) is 0.375. The van der Waals surface area contributed by atoms with Gasteiger partial charge in [0.1, 0.15) is 5.75 Å². The largest absolute Gasteiger partial charge is 0.573 e. The van der Waals surface area contributed by atoms with Crippen molar-refractivity contribution in [3.63, 3.8) is 0 Å². The molecule has 1 heterocycles. The van der Waals surface area contributed by atoms with Crippen LogP contribution in [0.1, 0.15) is 20.3 Å². The Kier molecular flexibility index (Phi) is 5.46. The maximum Gasteiger partial charge on any atom is 0.573 e. The van der Waals surface area contributed by atoms with Crippen LogP contribution in [0.15, 0.2) is 42.2 Å². The van der Waals surface area contributed by atoms with E-state index in [2.05, 4.69) is 16.1 Å².